The average molecular weight is 508 g/mol. The minimum Gasteiger partial charge on any atom is -0.457 e. The van der Waals surface area contributed by atoms with Crippen molar-refractivity contribution in [2.75, 3.05) is 18.8 Å². The van der Waals surface area contributed by atoms with E-state index in [1.807, 2.05) is 66.2 Å². The lowest BCUT2D eigenvalue weighted by molar-refractivity contribution is -0.129. The third-order valence-electron chi connectivity index (χ3n) is 6.77. The molecule has 0 saturated carbocycles. The van der Waals surface area contributed by atoms with Crippen LogP contribution in [-0.2, 0) is 11.8 Å². The Labute approximate surface area is 221 Å². The van der Waals surface area contributed by atoms with Gasteiger partial charge in [0.1, 0.15) is 40.6 Å². The minimum atomic E-state index is -1.22. The van der Waals surface area contributed by atoms with Crippen molar-refractivity contribution in [3.8, 4) is 34.5 Å². The Balaban J connectivity index is 1.50. The molecule has 0 unspecified atom stereocenters. The number of hydrogen-bond acceptors (Lipinski definition) is 6. The van der Waals surface area contributed by atoms with E-state index in [9.17, 15) is 9.90 Å². The maximum absolute atomic E-state index is 12.3. The van der Waals surface area contributed by atoms with Crippen molar-refractivity contribution in [3.63, 3.8) is 0 Å². The number of aliphatic hydroxyl groups is 1. The van der Waals surface area contributed by atoms with E-state index in [0.29, 0.717) is 59.8 Å². The summed E-state index contributed by atoms with van der Waals surface area (Å²) in [5.41, 5.74) is 8.55. The molecule has 8 heteroatoms. The van der Waals surface area contributed by atoms with E-state index in [4.69, 9.17) is 10.5 Å². The number of likely N-dealkylation sites (tertiary alicyclic amines) is 1. The number of carbonyl (C=O) groups is 1. The van der Waals surface area contributed by atoms with E-state index in [-0.39, 0.29) is 5.91 Å². The summed E-state index contributed by atoms with van der Waals surface area (Å²) in [4.78, 5) is 22.6. The smallest absolute Gasteiger partial charge is 0.248 e. The van der Waals surface area contributed by atoms with Gasteiger partial charge in [0.25, 0.3) is 0 Å². The van der Waals surface area contributed by atoms with Crippen LogP contribution in [0.1, 0.15) is 25.5 Å². The fraction of sp³-hybridized carbons (Fsp3) is 0.233. The number of nitrogens with two attached hydrogens (primary N) is 1. The van der Waals surface area contributed by atoms with Gasteiger partial charge >= 0.3 is 0 Å². The molecule has 0 spiro atoms. The first-order valence-electron chi connectivity index (χ1n) is 12.4. The van der Waals surface area contributed by atoms with Gasteiger partial charge in [0, 0.05) is 44.1 Å². The Morgan fingerprint density at radius 2 is 1.74 bits per heavy atom. The van der Waals surface area contributed by atoms with Crippen LogP contribution in [0.4, 0.5) is 5.82 Å². The van der Waals surface area contributed by atoms with Gasteiger partial charge in [0.15, 0.2) is 0 Å². The Kier molecular flexibility index (Phi) is 6.62. The van der Waals surface area contributed by atoms with Gasteiger partial charge in [-0.05, 0) is 42.7 Å². The number of fused-ring (bicyclic) bond motifs is 1. The van der Waals surface area contributed by atoms with Crippen molar-refractivity contribution in [1.29, 1.82) is 0 Å². The molecule has 0 radical (unpaired) electrons. The van der Waals surface area contributed by atoms with Crippen molar-refractivity contribution >= 4 is 22.8 Å². The zero-order valence-corrected chi connectivity index (χ0v) is 21.4. The molecular formula is C30H29N5O3. The zero-order chi connectivity index (χ0) is 26.9. The minimum absolute atomic E-state index is 0.0929. The molecule has 2 aromatic carbocycles. The number of ether oxygens (including phenoxy) is 1. The molecule has 38 heavy (non-hydrogen) atoms. The second kappa shape index (κ2) is 10.0. The lowest BCUT2D eigenvalue weighted by Gasteiger charge is -2.35. The van der Waals surface area contributed by atoms with E-state index in [1.165, 1.54) is 6.33 Å². The Morgan fingerprint density at radius 1 is 1.08 bits per heavy atom. The molecule has 3 heterocycles. The number of aromatic nitrogens is 3. The van der Waals surface area contributed by atoms with Crippen LogP contribution in [0.5, 0.6) is 11.5 Å². The topological polar surface area (TPSA) is 106 Å². The molecule has 0 bridgehead atoms. The number of nitrogens with zero attached hydrogens (tertiary/aromatic N) is 4. The number of amides is 1. The van der Waals surface area contributed by atoms with Crippen LogP contribution < -0.4 is 10.5 Å². The summed E-state index contributed by atoms with van der Waals surface area (Å²) in [6, 6.07) is 17.2. The van der Waals surface area contributed by atoms with Crippen molar-refractivity contribution in [1.82, 2.24) is 19.4 Å². The first-order valence-corrected chi connectivity index (χ1v) is 12.4. The van der Waals surface area contributed by atoms with Gasteiger partial charge in [-0.2, -0.15) is 0 Å². The first kappa shape index (κ1) is 25.1. The van der Waals surface area contributed by atoms with Gasteiger partial charge in [-0.15, -0.1) is 0 Å². The van der Waals surface area contributed by atoms with Gasteiger partial charge < -0.3 is 25.0 Å². The van der Waals surface area contributed by atoms with Crippen LogP contribution in [0.15, 0.2) is 73.1 Å². The maximum Gasteiger partial charge on any atom is 0.248 e. The first-order chi connectivity index (χ1) is 18.3. The van der Waals surface area contributed by atoms with Crippen LogP contribution in [-0.4, -0.2) is 49.1 Å². The summed E-state index contributed by atoms with van der Waals surface area (Å²) in [6.45, 7) is 6.26. The van der Waals surface area contributed by atoms with Crippen LogP contribution in [0, 0.1) is 11.8 Å². The number of carbonyl (C=O) groups excluding carboxylic acids is 1. The number of piperidine rings is 1. The quantitative estimate of drug-likeness (QED) is 0.315. The highest BCUT2D eigenvalue weighted by Gasteiger charge is 2.32. The third-order valence-corrected chi connectivity index (χ3v) is 6.77. The van der Waals surface area contributed by atoms with Gasteiger partial charge in [0.2, 0.25) is 5.91 Å². The lowest BCUT2D eigenvalue weighted by atomic mass is 9.91. The SMILES string of the molecule is C=C(C)C(=O)N1CCC(O)(C#Cc2c(-c3ccc(Oc4ccccc4)cc3)c3c(N)ncnc3n2C)CC1. The van der Waals surface area contributed by atoms with Crippen molar-refractivity contribution in [2.45, 2.75) is 25.4 Å². The van der Waals surface area contributed by atoms with Crippen molar-refractivity contribution < 1.29 is 14.6 Å². The number of aryl methyl sites for hydroxylation is 1. The predicted molar refractivity (Wildman–Crippen MR) is 147 cm³/mol. The zero-order valence-electron chi connectivity index (χ0n) is 21.4. The molecule has 0 atom stereocenters. The highest BCUT2D eigenvalue weighted by atomic mass is 16.5. The Bertz CT molecular complexity index is 1570. The molecule has 1 aliphatic heterocycles. The second-order valence-electron chi connectivity index (χ2n) is 9.53. The number of nitrogen functional groups attached to an aromatic ring is 1. The fourth-order valence-corrected chi connectivity index (χ4v) is 4.67. The third kappa shape index (κ3) is 4.84. The number of benzene rings is 2. The molecule has 1 fully saturated rings. The molecule has 3 N–H and O–H groups in total. The monoisotopic (exact) mass is 507 g/mol. The van der Waals surface area contributed by atoms with Crippen LogP contribution in [0.3, 0.4) is 0 Å². The average Bonchev–Trinajstić information content (AvgIpc) is 3.21. The number of para-hydroxylation sites is 1. The largest absolute Gasteiger partial charge is 0.457 e. The molecule has 1 aliphatic rings. The van der Waals surface area contributed by atoms with E-state index in [2.05, 4.69) is 28.4 Å². The van der Waals surface area contributed by atoms with Gasteiger partial charge in [-0.3, -0.25) is 4.79 Å². The lowest BCUT2D eigenvalue weighted by Crippen LogP contribution is -2.46. The molecule has 192 valence electrons. The summed E-state index contributed by atoms with van der Waals surface area (Å²) in [7, 11) is 1.87. The van der Waals surface area contributed by atoms with Crippen LogP contribution in [0.2, 0.25) is 0 Å². The summed E-state index contributed by atoms with van der Waals surface area (Å²) in [6.07, 6.45) is 2.13. The number of hydrogen-bond donors (Lipinski definition) is 2. The van der Waals surface area contributed by atoms with E-state index < -0.39 is 5.60 Å². The number of rotatable bonds is 4. The summed E-state index contributed by atoms with van der Waals surface area (Å²) in [5, 5.41) is 11.9. The van der Waals surface area contributed by atoms with Crippen molar-refractivity contribution in [3.05, 3.63) is 78.8 Å². The van der Waals surface area contributed by atoms with Crippen LogP contribution in [0.25, 0.3) is 22.2 Å². The van der Waals surface area contributed by atoms with E-state index in [0.717, 1.165) is 16.9 Å². The highest BCUT2D eigenvalue weighted by Crippen LogP contribution is 2.37. The molecule has 8 nitrogen and oxygen atoms in total. The van der Waals surface area contributed by atoms with Crippen molar-refractivity contribution in [2.24, 2.45) is 7.05 Å². The predicted octanol–water partition coefficient (Wildman–Crippen LogP) is 4.29. The molecule has 1 amide bonds. The summed E-state index contributed by atoms with van der Waals surface area (Å²) >= 11 is 0. The Hall–Kier alpha value is -4.61. The molecule has 2 aromatic heterocycles. The summed E-state index contributed by atoms with van der Waals surface area (Å²) in [5.74, 6) is 8.01. The normalized spacial score (nSPS) is 14.6. The van der Waals surface area contributed by atoms with Gasteiger partial charge in [-0.25, -0.2) is 9.97 Å². The van der Waals surface area contributed by atoms with Gasteiger partial charge in [0.05, 0.1) is 5.39 Å². The molecule has 5 rings (SSSR count). The Morgan fingerprint density at radius 3 is 2.39 bits per heavy atom. The van der Waals surface area contributed by atoms with E-state index in [1.54, 1.807) is 11.8 Å². The second-order valence-corrected chi connectivity index (χ2v) is 9.53. The van der Waals surface area contributed by atoms with Crippen LogP contribution >= 0.6 is 0 Å². The molecular weight excluding hydrogens is 478 g/mol. The van der Waals surface area contributed by atoms with Gasteiger partial charge in [-0.1, -0.05) is 42.8 Å². The molecule has 1 saturated heterocycles. The standard InChI is InChI=1S/C30H29N5O3/c1-20(2)29(36)35-17-15-30(37,16-18-35)14-13-24-25(26-27(31)32-19-33-28(26)34(24)3)21-9-11-23(12-10-21)38-22-7-5-4-6-8-22/h4-12,19,37H,1,15-18H2,2-3H3,(H2,31,32,33). The molecule has 4 aromatic rings. The summed E-state index contributed by atoms with van der Waals surface area (Å²) < 4.78 is 7.82. The number of anilines is 1. The van der Waals surface area contributed by atoms with E-state index >= 15 is 0 Å². The maximum atomic E-state index is 12.3. The molecule has 0 aliphatic carbocycles. The fourth-order valence-electron chi connectivity index (χ4n) is 4.67. The highest BCUT2D eigenvalue weighted by molar-refractivity contribution is 6.03.